The average Bonchev–Trinajstić information content (AvgIpc) is 3.47. The van der Waals surface area contributed by atoms with Crippen LogP contribution in [-0.4, -0.2) is 61.1 Å². The smallest absolute Gasteiger partial charge is 0.267 e. The molecule has 0 bridgehead atoms. The van der Waals surface area contributed by atoms with Crippen LogP contribution < -0.4 is 21.1 Å². The lowest BCUT2D eigenvalue weighted by Gasteiger charge is -2.17. The number of amides is 2. The highest BCUT2D eigenvalue weighted by molar-refractivity contribution is 6.33. The van der Waals surface area contributed by atoms with Crippen molar-refractivity contribution in [1.82, 2.24) is 20.1 Å². The Morgan fingerprint density at radius 1 is 1.14 bits per heavy atom. The van der Waals surface area contributed by atoms with Crippen LogP contribution in [0.2, 0.25) is 5.02 Å². The van der Waals surface area contributed by atoms with Gasteiger partial charge in [-0.25, -0.2) is 0 Å². The zero-order chi connectivity index (χ0) is 25.7. The number of carbonyl (C=O) groups is 2. The van der Waals surface area contributed by atoms with Crippen molar-refractivity contribution in [2.45, 2.75) is 19.3 Å². The number of hydrogen-bond acceptors (Lipinski definition) is 5. The van der Waals surface area contributed by atoms with Crippen molar-refractivity contribution in [3.63, 3.8) is 0 Å². The first-order valence-corrected chi connectivity index (χ1v) is 12.7. The second-order valence-electron chi connectivity index (χ2n) is 9.35. The van der Waals surface area contributed by atoms with Gasteiger partial charge in [-0.1, -0.05) is 29.8 Å². The van der Waals surface area contributed by atoms with Gasteiger partial charge in [-0.3, -0.25) is 9.59 Å². The van der Waals surface area contributed by atoms with Gasteiger partial charge in [0, 0.05) is 43.7 Å². The van der Waals surface area contributed by atoms with Gasteiger partial charge in [0.05, 0.1) is 23.4 Å². The van der Waals surface area contributed by atoms with Gasteiger partial charge in [0.25, 0.3) is 11.8 Å². The van der Waals surface area contributed by atoms with Crippen molar-refractivity contribution in [1.29, 1.82) is 0 Å². The third-order valence-corrected chi connectivity index (χ3v) is 7.18. The lowest BCUT2D eigenvalue weighted by atomic mass is 10.1. The van der Waals surface area contributed by atoms with Crippen LogP contribution in [0.15, 0.2) is 42.5 Å². The first-order valence-electron chi connectivity index (χ1n) is 12.3. The number of nitrogens with two attached hydrogens (primary N) is 1. The molecule has 0 aliphatic carbocycles. The third-order valence-electron chi connectivity index (χ3n) is 6.86. The number of rotatable bonds is 10. The van der Waals surface area contributed by atoms with E-state index in [0.29, 0.717) is 46.7 Å². The lowest BCUT2D eigenvalue weighted by Crippen LogP contribution is -2.31. The summed E-state index contributed by atoms with van der Waals surface area (Å²) in [5, 5.41) is 7.46. The molecule has 3 aromatic rings. The van der Waals surface area contributed by atoms with Gasteiger partial charge in [-0.15, -0.1) is 0 Å². The number of nitrogens with one attached hydrogen (secondary N) is 2. The van der Waals surface area contributed by atoms with Crippen LogP contribution in [0.5, 0.6) is 5.75 Å². The fraction of sp³-hybridized carbons (Fsp3) is 0.407. The summed E-state index contributed by atoms with van der Waals surface area (Å²) >= 11 is 6.08. The maximum absolute atomic E-state index is 12.7. The molecule has 0 radical (unpaired) electrons. The number of methoxy groups -OCH3 is 1. The Morgan fingerprint density at radius 2 is 1.94 bits per heavy atom. The predicted molar refractivity (Wildman–Crippen MR) is 144 cm³/mol. The van der Waals surface area contributed by atoms with E-state index >= 15 is 0 Å². The van der Waals surface area contributed by atoms with Crippen molar-refractivity contribution >= 4 is 40.0 Å². The average molecular weight is 512 g/mol. The number of aryl methyl sites for hydroxylation is 1. The molecule has 1 fully saturated rings. The Kier molecular flexibility index (Phi) is 8.38. The van der Waals surface area contributed by atoms with Gasteiger partial charge >= 0.3 is 0 Å². The molecule has 8 nitrogen and oxygen atoms in total. The maximum atomic E-state index is 12.7. The number of likely N-dealkylation sites (tertiary alicyclic amines) is 1. The van der Waals surface area contributed by atoms with E-state index in [9.17, 15) is 9.59 Å². The second kappa shape index (κ2) is 11.7. The van der Waals surface area contributed by atoms with Crippen LogP contribution in [0, 0.1) is 5.92 Å². The molecule has 4 N–H and O–H groups in total. The molecule has 9 heteroatoms. The molecular weight excluding hydrogens is 478 g/mol. The normalized spacial score (nSPS) is 15.8. The Bertz CT molecular complexity index is 1240. The molecule has 0 spiro atoms. The molecule has 1 saturated heterocycles. The van der Waals surface area contributed by atoms with E-state index in [-0.39, 0.29) is 11.8 Å². The van der Waals surface area contributed by atoms with Crippen LogP contribution in [0.4, 0.5) is 5.69 Å². The van der Waals surface area contributed by atoms with Gasteiger partial charge in [-0.2, -0.15) is 0 Å². The number of para-hydroxylation sites is 1. The Hall–Kier alpha value is -3.23. The summed E-state index contributed by atoms with van der Waals surface area (Å²) in [7, 11) is 3.42. The van der Waals surface area contributed by atoms with Crippen molar-refractivity contribution in [2.24, 2.45) is 13.0 Å². The number of unbranched alkanes of at least 4 members (excludes halogenated alkanes) is 1. The largest absolute Gasteiger partial charge is 0.496 e. The number of carbonyl (C=O) groups excluding carboxylic acids is 2. The monoisotopic (exact) mass is 511 g/mol. The topological polar surface area (TPSA) is 102 Å². The molecule has 1 atom stereocenters. The molecule has 0 saturated carbocycles. The number of nitrogens with zero attached hydrogens (tertiary/aromatic N) is 2. The summed E-state index contributed by atoms with van der Waals surface area (Å²) in [5.74, 6) is 0.559. The van der Waals surface area contributed by atoms with Crippen molar-refractivity contribution in [2.75, 3.05) is 45.6 Å². The number of fused-ring (bicyclic) bond motifs is 1. The molecule has 1 aliphatic heterocycles. The summed E-state index contributed by atoms with van der Waals surface area (Å²) in [6.07, 6.45) is 2.97. The number of halogens is 1. The number of benzene rings is 2. The summed E-state index contributed by atoms with van der Waals surface area (Å²) < 4.78 is 7.22. The fourth-order valence-corrected chi connectivity index (χ4v) is 4.95. The van der Waals surface area contributed by atoms with Crippen LogP contribution in [-0.2, 0) is 7.05 Å². The minimum Gasteiger partial charge on any atom is -0.496 e. The standard InChI is InChI=1S/C27H34ClN5O3/c1-32-23-8-4-3-7-19(23)13-24(32)27(35)30-10-5-6-11-33-12-9-18(17-33)16-31-26(34)20-14-21(28)22(29)15-25(20)36-2/h3-4,7-8,13-15,18H,5-6,9-12,16-17,29H2,1-2H3,(H,30,35)(H,31,34)/t18-/m0/s1. The quantitative estimate of drug-likeness (QED) is 0.285. The molecule has 0 unspecified atom stereocenters. The van der Waals surface area contributed by atoms with Crippen LogP contribution in [0.25, 0.3) is 10.9 Å². The van der Waals surface area contributed by atoms with E-state index in [1.807, 2.05) is 41.9 Å². The third kappa shape index (κ3) is 5.94. The van der Waals surface area contributed by atoms with Crippen LogP contribution in [0.3, 0.4) is 0 Å². The van der Waals surface area contributed by atoms with Crippen molar-refractivity contribution < 1.29 is 14.3 Å². The summed E-state index contributed by atoms with van der Waals surface area (Å²) in [6.45, 7) is 4.19. The molecule has 4 rings (SSSR count). The number of anilines is 1. The summed E-state index contributed by atoms with van der Waals surface area (Å²) in [5.41, 5.74) is 8.30. The highest BCUT2D eigenvalue weighted by atomic mass is 35.5. The summed E-state index contributed by atoms with van der Waals surface area (Å²) in [4.78, 5) is 27.7. The number of ether oxygens (including phenoxy) is 1. The van der Waals surface area contributed by atoms with E-state index in [1.165, 1.54) is 7.11 Å². The first kappa shape index (κ1) is 25.9. The fourth-order valence-electron chi connectivity index (χ4n) is 4.79. The Morgan fingerprint density at radius 3 is 2.72 bits per heavy atom. The molecule has 1 aliphatic rings. The molecule has 2 heterocycles. The van der Waals surface area contributed by atoms with Crippen molar-refractivity contribution in [3.05, 3.63) is 58.7 Å². The molecule has 2 aromatic carbocycles. The number of nitrogen functional groups attached to an aromatic ring is 1. The van der Waals surface area contributed by atoms with Crippen LogP contribution in [0.1, 0.15) is 40.1 Å². The Labute approximate surface area is 216 Å². The van der Waals surface area contributed by atoms with Crippen molar-refractivity contribution in [3.8, 4) is 5.75 Å². The zero-order valence-corrected chi connectivity index (χ0v) is 21.6. The van der Waals surface area contributed by atoms with E-state index < -0.39 is 0 Å². The summed E-state index contributed by atoms with van der Waals surface area (Å²) in [6, 6.07) is 13.0. The Balaban J connectivity index is 1.15. The lowest BCUT2D eigenvalue weighted by molar-refractivity contribution is 0.0935. The first-order chi connectivity index (χ1) is 17.4. The number of aromatic nitrogens is 1. The minimum atomic E-state index is -0.214. The van der Waals surface area contributed by atoms with E-state index in [4.69, 9.17) is 22.1 Å². The molecule has 192 valence electrons. The van der Waals surface area contributed by atoms with Gasteiger partial charge < -0.3 is 30.6 Å². The van der Waals surface area contributed by atoms with E-state index in [2.05, 4.69) is 15.5 Å². The molecule has 1 aromatic heterocycles. The minimum absolute atomic E-state index is 0.0373. The highest BCUT2D eigenvalue weighted by Gasteiger charge is 2.23. The van der Waals surface area contributed by atoms with Gasteiger partial charge in [0.1, 0.15) is 11.4 Å². The number of hydrogen-bond donors (Lipinski definition) is 3. The predicted octanol–water partition coefficient (Wildman–Crippen LogP) is 3.68. The zero-order valence-electron chi connectivity index (χ0n) is 20.9. The second-order valence-corrected chi connectivity index (χ2v) is 9.76. The van der Waals surface area contributed by atoms with E-state index in [1.54, 1.807) is 12.1 Å². The SMILES string of the molecule is COc1cc(N)c(Cl)cc1C(=O)NC[C@@H]1CCN(CCCCNC(=O)c2cc3ccccc3n2C)C1. The maximum Gasteiger partial charge on any atom is 0.267 e. The van der Waals surface area contributed by atoms with Gasteiger partial charge in [0.15, 0.2) is 0 Å². The van der Waals surface area contributed by atoms with Gasteiger partial charge in [-0.05, 0) is 56.5 Å². The van der Waals surface area contributed by atoms with Crippen LogP contribution >= 0.6 is 11.6 Å². The van der Waals surface area contributed by atoms with Gasteiger partial charge in [0.2, 0.25) is 0 Å². The molecular formula is C27H34ClN5O3. The molecule has 2 amide bonds. The molecule has 36 heavy (non-hydrogen) atoms. The van der Waals surface area contributed by atoms with E-state index in [0.717, 1.165) is 49.8 Å². The highest BCUT2D eigenvalue weighted by Crippen LogP contribution is 2.29.